The number of hydrogen-bond donors (Lipinski definition) is 0. The first kappa shape index (κ1) is 21.1. The Kier molecular flexibility index (Phi) is 5.81. The van der Waals surface area contributed by atoms with Gasteiger partial charge in [0.25, 0.3) is 0 Å². The number of hydrogen-bond acceptors (Lipinski definition) is 8. The molecule has 4 rings (SSSR count). The van der Waals surface area contributed by atoms with Crippen LogP contribution in [0.4, 0.5) is 0 Å². The quantitative estimate of drug-likeness (QED) is 0.496. The third-order valence-electron chi connectivity index (χ3n) is 5.05. The van der Waals surface area contributed by atoms with E-state index >= 15 is 0 Å². The lowest BCUT2D eigenvalue weighted by Crippen LogP contribution is -2.15. The van der Waals surface area contributed by atoms with Gasteiger partial charge in [-0.2, -0.15) is 0 Å². The Morgan fingerprint density at radius 3 is 2.26 bits per heavy atom. The highest BCUT2D eigenvalue weighted by Gasteiger charge is 2.31. The summed E-state index contributed by atoms with van der Waals surface area (Å²) >= 11 is 0. The van der Waals surface area contributed by atoms with E-state index in [1.165, 1.54) is 21.3 Å². The van der Waals surface area contributed by atoms with Crippen molar-refractivity contribution in [3.8, 4) is 34.6 Å². The van der Waals surface area contributed by atoms with Gasteiger partial charge in [0.05, 0.1) is 27.1 Å². The Bertz CT molecular complexity index is 1170. The van der Waals surface area contributed by atoms with Gasteiger partial charge < -0.3 is 14.2 Å². The van der Waals surface area contributed by atoms with Crippen molar-refractivity contribution < 1.29 is 22.6 Å². The molecule has 0 aliphatic heterocycles. The average molecular weight is 445 g/mol. The number of pyridine rings is 1. The van der Waals surface area contributed by atoms with Crippen LogP contribution in [0.3, 0.4) is 0 Å². The van der Waals surface area contributed by atoms with Crippen molar-refractivity contribution in [3.63, 3.8) is 0 Å². The van der Waals surface area contributed by atoms with E-state index < -0.39 is 9.84 Å². The fraction of sp³-hybridized carbons (Fsp3) is 0.381. The second kappa shape index (κ2) is 8.54. The number of nitrogens with zero attached hydrogens (tertiary/aromatic N) is 4. The van der Waals surface area contributed by atoms with Crippen LogP contribution in [0.1, 0.15) is 18.7 Å². The van der Waals surface area contributed by atoms with E-state index in [0.717, 1.165) is 12.8 Å². The van der Waals surface area contributed by atoms with Crippen LogP contribution in [0.25, 0.3) is 17.2 Å². The summed E-state index contributed by atoms with van der Waals surface area (Å²) in [7, 11) is 1.23. The Labute approximate surface area is 180 Å². The Hall–Kier alpha value is -3.14. The summed E-state index contributed by atoms with van der Waals surface area (Å²) in [5.41, 5.74) is 0.986. The average Bonchev–Trinajstić information content (AvgIpc) is 3.49. The minimum absolute atomic E-state index is 0.148. The van der Waals surface area contributed by atoms with Crippen molar-refractivity contribution in [2.45, 2.75) is 18.6 Å². The zero-order valence-corrected chi connectivity index (χ0v) is 18.4. The summed E-state index contributed by atoms with van der Waals surface area (Å²) in [4.78, 5) is 4.45. The maximum absolute atomic E-state index is 12.8. The molecular formula is C21H24N4O5S. The van der Waals surface area contributed by atoms with E-state index in [2.05, 4.69) is 15.2 Å². The van der Waals surface area contributed by atoms with Crippen LogP contribution >= 0.6 is 0 Å². The maximum Gasteiger partial charge on any atom is 0.213 e. The van der Waals surface area contributed by atoms with Crippen LogP contribution in [-0.2, 0) is 15.6 Å². The molecule has 0 unspecified atom stereocenters. The van der Waals surface area contributed by atoms with Crippen LogP contribution in [0.2, 0.25) is 0 Å². The fourth-order valence-electron chi connectivity index (χ4n) is 3.42. The molecule has 0 N–H and O–H groups in total. The summed E-state index contributed by atoms with van der Waals surface area (Å²) in [6, 6.07) is 10.6. The molecule has 0 atom stereocenters. The largest absolute Gasteiger partial charge is 0.494 e. The zero-order valence-electron chi connectivity index (χ0n) is 17.6. The molecule has 0 spiro atoms. The fourth-order valence-corrected chi connectivity index (χ4v) is 5.16. The Morgan fingerprint density at radius 1 is 0.968 bits per heavy atom. The molecular weight excluding hydrogens is 420 g/mol. The van der Waals surface area contributed by atoms with Gasteiger partial charge in [-0.3, -0.25) is 4.57 Å². The summed E-state index contributed by atoms with van der Waals surface area (Å²) in [5, 5.41) is 8.52. The predicted molar refractivity (Wildman–Crippen MR) is 114 cm³/mol. The molecule has 10 heteroatoms. The van der Waals surface area contributed by atoms with Gasteiger partial charge in [0, 0.05) is 6.07 Å². The normalized spacial score (nSPS) is 13.8. The van der Waals surface area contributed by atoms with Gasteiger partial charge in [-0.1, -0.05) is 12.1 Å². The molecule has 0 bridgehead atoms. The predicted octanol–water partition coefficient (Wildman–Crippen LogP) is 2.68. The van der Waals surface area contributed by atoms with E-state index in [9.17, 15) is 8.42 Å². The molecule has 1 aromatic carbocycles. The first-order valence-electron chi connectivity index (χ1n) is 9.83. The summed E-state index contributed by atoms with van der Waals surface area (Å²) in [5.74, 6) is 2.15. The van der Waals surface area contributed by atoms with Crippen LogP contribution < -0.4 is 14.2 Å². The number of ether oxygens (including phenoxy) is 3. The number of sulfone groups is 1. The van der Waals surface area contributed by atoms with Crippen molar-refractivity contribution in [1.82, 2.24) is 19.7 Å². The van der Waals surface area contributed by atoms with E-state index in [1.54, 1.807) is 41.0 Å². The lowest BCUT2D eigenvalue weighted by Gasteiger charge is -2.17. The molecule has 1 aliphatic rings. The smallest absolute Gasteiger partial charge is 0.213 e. The van der Waals surface area contributed by atoms with Crippen molar-refractivity contribution in [1.29, 1.82) is 0 Å². The molecule has 1 fully saturated rings. The number of benzene rings is 1. The van der Waals surface area contributed by atoms with E-state index in [0.29, 0.717) is 34.6 Å². The third-order valence-corrected chi connectivity index (χ3v) is 6.73. The SMILES string of the molecule is COc1cccc(-c2nnc(CS(=O)(=O)CC3CC3)n2-c2c(OC)cccc2OC)n1. The van der Waals surface area contributed by atoms with Gasteiger partial charge in [-0.15, -0.1) is 10.2 Å². The molecule has 0 saturated heterocycles. The first-order chi connectivity index (χ1) is 15.0. The molecule has 1 saturated carbocycles. The summed E-state index contributed by atoms with van der Waals surface area (Å²) < 4.78 is 43.6. The van der Waals surface area contributed by atoms with Gasteiger partial charge in [0.15, 0.2) is 21.5 Å². The molecule has 9 nitrogen and oxygen atoms in total. The lowest BCUT2D eigenvalue weighted by atomic mass is 10.2. The van der Waals surface area contributed by atoms with Gasteiger partial charge in [0.2, 0.25) is 5.88 Å². The molecule has 1 aliphatic carbocycles. The number of para-hydroxylation sites is 1. The van der Waals surface area contributed by atoms with Crippen molar-refractivity contribution >= 4 is 9.84 Å². The van der Waals surface area contributed by atoms with Gasteiger partial charge in [-0.25, -0.2) is 13.4 Å². The van der Waals surface area contributed by atoms with Gasteiger partial charge >= 0.3 is 0 Å². The minimum Gasteiger partial charge on any atom is -0.494 e. The van der Waals surface area contributed by atoms with E-state index in [4.69, 9.17) is 14.2 Å². The molecule has 31 heavy (non-hydrogen) atoms. The van der Waals surface area contributed by atoms with E-state index in [1.807, 2.05) is 0 Å². The summed E-state index contributed by atoms with van der Waals surface area (Å²) in [6.07, 6.45) is 1.90. The van der Waals surface area contributed by atoms with Crippen LogP contribution in [-0.4, -0.2) is 55.2 Å². The van der Waals surface area contributed by atoms with Crippen molar-refractivity contribution in [2.75, 3.05) is 27.1 Å². The lowest BCUT2D eigenvalue weighted by molar-refractivity contribution is 0.390. The van der Waals surface area contributed by atoms with Crippen LogP contribution in [0, 0.1) is 5.92 Å². The second-order valence-corrected chi connectivity index (χ2v) is 9.46. The first-order valence-corrected chi connectivity index (χ1v) is 11.7. The Balaban J connectivity index is 1.91. The second-order valence-electron chi connectivity index (χ2n) is 7.35. The zero-order chi connectivity index (χ0) is 22.0. The Morgan fingerprint density at radius 2 is 1.65 bits per heavy atom. The van der Waals surface area contributed by atoms with E-state index in [-0.39, 0.29) is 23.2 Å². The highest BCUT2D eigenvalue weighted by atomic mass is 32.2. The summed E-state index contributed by atoms with van der Waals surface area (Å²) in [6.45, 7) is 0. The van der Waals surface area contributed by atoms with Crippen LogP contribution in [0.5, 0.6) is 17.4 Å². The minimum atomic E-state index is -3.37. The highest BCUT2D eigenvalue weighted by Crippen LogP contribution is 2.37. The van der Waals surface area contributed by atoms with Gasteiger partial charge in [0.1, 0.15) is 28.6 Å². The number of methoxy groups -OCH3 is 3. The molecule has 2 aromatic heterocycles. The topological polar surface area (TPSA) is 105 Å². The maximum atomic E-state index is 12.8. The molecule has 2 heterocycles. The molecule has 0 amide bonds. The third kappa shape index (κ3) is 4.48. The number of aromatic nitrogens is 4. The number of rotatable bonds is 9. The molecule has 3 aromatic rings. The molecule has 164 valence electrons. The van der Waals surface area contributed by atoms with Gasteiger partial charge in [-0.05, 0) is 37.0 Å². The monoisotopic (exact) mass is 444 g/mol. The highest BCUT2D eigenvalue weighted by molar-refractivity contribution is 7.90. The standard InChI is InChI=1S/C21H24N4O5S/c1-28-16-7-5-8-17(29-2)20(16)25-18(13-31(26,27)12-14-10-11-14)23-24-21(25)15-6-4-9-19(22-15)30-3/h4-9,14H,10-13H2,1-3H3. The van der Waals surface area contributed by atoms with Crippen LogP contribution in [0.15, 0.2) is 36.4 Å². The molecule has 0 radical (unpaired) electrons. The van der Waals surface area contributed by atoms with Crippen molar-refractivity contribution in [2.24, 2.45) is 5.92 Å². The van der Waals surface area contributed by atoms with Crippen molar-refractivity contribution in [3.05, 3.63) is 42.2 Å².